The number of hydrogen-bond acceptors (Lipinski definition) is 5. The lowest BCUT2D eigenvalue weighted by molar-refractivity contribution is 0.133. The normalized spacial score (nSPS) is 9.87. The van der Waals surface area contributed by atoms with Crippen molar-refractivity contribution in [2.45, 2.75) is 6.61 Å². The second-order valence-electron chi connectivity index (χ2n) is 2.83. The van der Waals surface area contributed by atoms with Crippen LogP contribution >= 0.6 is 0 Å². The fourth-order valence-corrected chi connectivity index (χ4v) is 1.12. The molecule has 0 unspecified atom stereocenters. The Bertz CT molecular complexity index is 422. The number of pyridine rings is 1. The fourth-order valence-electron chi connectivity index (χ4n) is 1.12. The first kappa shape index (κ1) is 9.39. The Morgan fingerprint density at radius 2 is 2.33 bits per heavy atom. The molecule has 0 radical (unpaired) electrons. The summed E-state index contributed by atoms with van der Waals surface area (Å²) in [6.07, 6.45) is 3.28. The summed E-state index contributed by atoms with van der Waals surface area (Å²) >= 11 is 0. The smallest absolute Gasteiger partial charge is 0.185 e. The van der Waals surface area contributed by atoms with Gasteiger partial charge in [0.1, 0.15) is 12.3 Å². The van der Waals surface area contributed by atoms with Crippen molar-refractivity contribution in [1.29, 1.82) is 0 Å². The number of nitrogens with zero attached hydrogens (tertiary/aromatic N) is 3. The lowest BCUT2D eigenvalue weighted by Crippen LogP contribution is -1.89. The van der Waals surface area contributed by atoms with Crippen molar-refractivity contribution >= 4 is 6.72 Å². The summed E-state index contributed by atoms with van der Waals surface area (Å²) < 4.78 is 4.97. The molecule has 0 saturated carbocycles. The molecule has 0 aromatic carbocycles. The van der Waals surface area contributed by atoms with E-state index < -0.39 is 0 Å². The van der Waals surface area contributed by atoms with Crippen molar-refractivity contribution in [2.24, 2.45) is 5.16 Å². The molecule has 15 heavy (non-hydrogen) atoms. The van der Waals surface area contributed by atoms with Crippen LogP contribution < -0.4 is 0 Å². The molecule has 5 heteroatoms. The molecule has 0 spiro atoms. The highest BCUT2D eigenvalue weighted by molar-refractivity contribution is 5.50. The second kappa shape index (κ2) is 4.36. The Hall–Kier alpha value is -2.17. The molecule has 0 amide bonds. The summed E-state index contributed by atoms with van der Waals surface area (Å²) in [5.41, 5.74) is 1.66. The van der Waals surface area contributed by atoms with Crippen molar-refractivity contribution in [2.75, 3.05) is 0 Å². The van der Waals surface area contributed by atoms with Gasteiger partial charge in [-0.1, -0.05) is 11.2 Å². The molecule has 76 valence electrons. The molecule has 2 rings (SSSR count). The van der Waals surface area contributed by atoms with Crippen LogP contribution in [0.3, 0.4) is 0 Å². The molecule has 0 aliphatic rings. The standard InChI is InChI=1S/C10H9N3O2/c1-11-14-7-8-2-3-9(12-6-8)10-4-5-13-15-10/h2-6H,1,7H2. The van der Waals surface area contributed by atoms with Gasteiger partial charge in [0.25, 0.3) is 0 Å². The van der Waals surface area contributed by atoms with Crippen LogP contribution in [-0.4, -0.2) is 16.9 Å². The van der Waals surface area contributed by atoms with E-state index in [2.05, 4.69) is 22.0 Å². The van der Waals surface area contributed by atoms with Gasteiger partial charge in [-0.3, -0.25) is 4.98 Å². The predicted molar refractivity (Wildman–Crippen MR) is 54.1 cm³/mol. The molecule has 2 heterocycles. The molecule has 0 atom stereocenters. The highest BCUT2D eigenvalue weighted by atomic mass is 16.6. The summed E-state index contributed by atoms with van der Waals surface area (Å²) in [5.74, 6) is 0.643. The van der Waals surface area contributed by atoms with E-state index in [-0.39, 0.29) is 0 Å². The van der Waals surface area contributed by atoms with Gasteiger partial charge in [0, 0.05) is 24.5 Å². The van der Waals surface area contributed by atoms with Crippen molar-refractivity contribution in [3.63, 3.8) is 0 Å². The van der Waals surface area contributed by atoms with Gasteiger partial charge in [-0.25, -0.2) is 0 Å². The maximum absolute atomic E-state index is 4.97. The van der Waals surface area contributed by atoms with Gasteiger partial charge < -0.3 is 9.36 Å². The summed E-state index contributed by atoms with van der Waals surface area (Å²) in [6.45, 7) is 3.59. The summed E-state index contributed by atoms with van der Waals surface area (Å²) in [5, 5.41) is 6.90. The van der Waals surface area contributed by atoms with Crippen LogP contribution in [0.4, 0.5) is 0 Å². The van der Waals surface area contributed by atoms with Crippen LogP contribution in [0.5, 0.6) is 0 Å². The molecule has 0 N–H and O–H groups in total. The van der Waals surface area contributed by atoms with Crippen LogP contribution in [0.25, 0.3) is 11.5 Å². The minimum absolute atomic E-state index is 0.368. The van der Waals surface area contributed by atoms with Crippen molar-refractivity contribution in [1.82, 2.24) is 10.1 Å². The lowest BCUT2D eigenvalue weighted by Gasteiger charge is -1.99. The lowest BCUT2D eigenvalue weighted by atomic mass is 10.2. The van der Waals surface area contributed by atoms with E-state index in [1.807, 2.05) is 12.1 Å². The Balaban J connectivity index is 2.14. The topological polar surface area (TPSA) is 60.5 Å². The number of hydrogen-bond donors (Lipinski definition) is 0. The van der Waals surface area contributed by atoms with Gasteiger partial charge in [-0.05, 0) is 6.07 Å². The van der Waals surface area contributed by atoms with E-state index in [0.717, 1.165) is 11.3 Å². The molecule has 2 aromatic rings. The minimum atomic E-state index is 0.368. The molecular formula is C10H9N3O2. The SMILES string of the molecule is C=NOCc1ccc(-c2ccno2)nc1. The predicted octanol–water partition coefficient (Wildman–Crippen LogP) is 1.87. The molecular weight excluding hydrogens is 194 g/mol. The Kier molecular flexibility index (Phi) is 2.73. The van der Waals surface area contributed by atoms with E-state index in [4.69, 9.17) is 9.36 Å². The van der Waals surface area contributed by atoms with Crippen LogP contribution in [0.15, 0.2) is 40.3 Å². The summed E-state index contributed by atoms with van der Waals surface area (Å²) in [4.78, 5) is 8.99. The van der Waals surface area contributed by atoms with Gasteiger partial charge in [0.05, 0.1) is 6.20 Å². The third-order valence-electron chi connectivity index (χ3n) is 1.84. The van der Waals surface area contributed by atoms with Gasteiger partial charge in [0.15, 0.2) is 5.76 Å². The van der Waals surface area contributed by atoms with Crippen molar-refractivity contribution < 1.29 is 9.36 Å². The largest absolute Gasteiger partial charge is 0.391 e. The molecule has 0 saturated heterocycles. The molecule has 2 aromatic heterocycles. The zero-order valence-corrected chi connectivity index (χ0v) is 7.96. The number of oxime groups is 1. The Labute approximate surface area is 86.4 Å². The zero-order valence-electron chi connectivity index (χ0n) is 7.96. The van der Waals surface area contributed by atoms with Gasteiger partial charge in [-0.2, -0.15) is 0 Å². The van der Waals surface area contributed by atoms with Crippen LogP contribution in [0, 0.1) is 0 Å². The Morgan fingerprint density at radius 1 is 1.40 bits per heavy atom. The van der Waals surface area contributed by atoms with E-state index in [9.17, 15) is 0 Å². The quantitative estimate of drug-likeness (QED) is 0.562. The van der Waals surface area contributed by atoms with E-state index in [1.165, 1.54) is 0 Å². The van der Waals surface area contributed by atoms with Gasteiger partial charge in [-0.15, -0.1) is 5.16 Å². The first-order valence-corrected chi connectivity index (χ1v) is 4.34. The monoisotopic (exact) mass is 203 g/mol. The maximum Gasteiger partial charge on any atom is 0.185 e. The summed E-state index contributed by atoms with van der Waals surface area (Å²) in [6, 6.07) is 5.47. The zero-order chi connectivity index (χ0) is 10.5. The van der Waals surface area contributed by atoms with Crippen LogP contribution in [0.1, 0.15) is 5.56 Å². The van der Waals surface area contributed by atoms with E-state index in [1.54, 1.807) is 18.5 Å². The average molecular weight is 203 g/mol. The number of rotatable bonds is 4. The molecule has 0 fully saturated rings. The highest BCUT2D eigenvalue weighted by Crippen LogP contribution is 2.15. The molecule has 0 aliphatic carbocycles. The average Bonchev–Trinajstić information content (AvgIpc) is 2.80. The molecule has 0 bridgehead atoms. The first-order valence-electron chi connectivity index (χ1n) is 4.34. The van der Waals surface area contributed by atoms with E-state index >= 15 is 0 Å². The molecule has 0 aliphatic heterocycles. The van der Waals surface area contributed by atoms with Crippen molar-refractivity contribution in [3.8, 4) is 11.5 Å². The maximum atomic E-state index is 4.97. The first-order chi connectivity index (χ1) is 7.40. The van der Waals surface area contributed by atoms with Crippen molar-refractivity contribution in [3.05, 3.63) is 36.2 Å². The second-order valence-corrected chi connectivity index (χ2v) is 2.83. The minimum Gasteiger partial charge on any atom is -0.391 e. The van der Waals surface area contributed by atoms with Crippen LogP contribution in [0.2, 0.25) is 0 Å². The third-order valence-corrected chi connectivity index (χ3v) is 1.84. The van der Waals surface area contributed by atoms with E-state index in [0.29, 0.717) is 12.4 Å². The van der Waals surface area contributed by atoms with Gasteiger partial charge in [0.2, 0.25) is 0 Å². The third kappa shape index (κ3) is 2.19. The highest BCUT2D eigenvalue weighted by Gasteiger charge is 2.02. The van der Waals surface area contributed by atoms with Gasteiger partial charge >= 0.3 is 0 Å². The fraction of sp³-hybridized carbons (Fsp3) is 0.100. The Morgan fingerprint density at radius 3 is 2.93 bits per heavy atom. The molecule has 5 nitrogen and oxygen atoms in total. The summed E-state index contributed by atoms with van der Waals surface area (Å²) in [7, 11) is 0. The number of aromatic nitrogens is 2. The van der Waals surface area contributed by atoms with Crippen LogP contribution in [-0.2, 0) is 11.4 Å².